The van der Waals surface area contributed by atoms with Gasteiger partial charge in [-0.2, -0.15) is 0 Å². The smallest absolute Gasteiger partial charge is 0.123 e. The Morgan fingerprint density at radius 2 is 1.84 bits per heavy atom. The number of benzene rings is 2. The number of nitrogens with two attached hydrogens (primary N) is 1. The molecule has 2 rings (SSSR count). The van der Waals surface area contributed by atoms with Gasteiger partial charge in [0.05, 0.1) is 5.02 Å². The molecule has 0 aromatic heterocycles. The van der Waals surface area contributed by atoms with Crippen LogP contribution in [0.15, 0.2) is 46.2 Å². The molecule has 100 valence electrons. The summed E-state index contributed by atoms with van der Waals surface area (Å²) in [6, 6.07) is 9.56. The van der Waals surface area contributed by atoms with Gasteiger partial charge in [-0.1, -0.05) is 35.0 Å². The highest BCUT2D eigenvalue weighted by Crippen LogP contribution is 2.38. The summed E-state index contributed by atoms with van der Waals surface area (Å²) in [6.45, 7) is 1.82. The summed E-state index contributed by atoms with van der Waals surface area (Å²) in [4.78, 5) is 1.70. The standard InChI is InChI=1S/C14H12Cl2FNS/c1-8(18)11-7-10(17)3-5-13(11)19-14-6-9(15)2-4-12(14)16/h2-8H,18H2,1H3. The van der Waals surface area contributed by atoms with Crippen LogP contribution in [0.5, 0.6) is 0 Å². The van der Waals surface area contributed by atoms with Gasteiger partial charge in [-0.25, -0.2) is 4.39 Å². The Bertz CT molecular complexity index is 602. The first-order valence-corrected chi connectivity index (χ1v) is 7.22. The predicted octanol–water partition coefficient (Wildman–Crippen LogP) is 5.30. The molecule has 2 aromatic carbocycles. The van der Waals surface area contributed by atoms with Crippen molar-refractivity contribution >= 4 is 35.0 Å². The third-order valence-electron chi connectivity index (χ3n) is 2.58. The fourth-order valence-electron chi connectivity index (χ4n) is 1.64. The third kappa shape index (κ3) is 3.63. The van der Waals surface area contributed by atoms with Crippen LogP contribution in [0.1, 0.15) is 18.5 Å². The highest BCUT2D eigenvalue weighted by atomic mass is 35.5. The Morgan fingerprint density at radius 1 is 1.11 bits per heavy atom. The molecule has 1 atom stereocenters. The lowest BCUT2D eigenvalue weighted by atomic mass is 10.1. The molecule has 0 radical (unpaired) electrons. The Hall–Kier alpha value is -0.740. The van der Waals surface area contributed by atoms with Crippen molar-refractivity contribution in [1.29, 1.82) is 0 Å². The number of rotatable bonds is 3. The lowest BCUT2D eigenvalue weighted by molar-refractivity contribution is 0.619. The zero-order valence-electron chi connectivity index (χ0n) is 10.2. The molecule has 0 spiro atoms. The van der Waals surface area contributed by atoms with Gasteiger partial charge in [-0.05, 0) is 48.9 Å². The van der Waals surface area contributed by atoms with E-state index in [1.165, 1.54) is 23.9 Å². The second kappa shape index (κ2) is 6.14. The Labute approximate surface area is 125 Å². The van der Waals surface area contributed by atoms with Crippen molar-refractivity contribution < 1.29 is 4.39 Å². The molecule has 0 aliphatic carbocycles. The van der Waals surface area contributed by atoms with E-state index in [-0.39, 0.29) is 11.9 Å². The topological polar surface area (TPSA) is 26.0 Å². The minimum absolute atomic E-state index is 0.254. The van der Waals surface area contributed by atoms with Crippen LogP contribution in [0, 0.1) is 5.82 Å². The zero-order chi connectivity index (χ0) is 14.0. The maximum Gasteiger partial charge on any atom is 0.123 e. The molecule has 0 amide bonds. The average molecular weight is 316 g/mol. The summed E-state index contributed by atoms with van der Waals surface area (Å²) in [5.41, 5.74) is 6.62. The molecule has 1 nitrogen and oxygen atoms in total. The molecule has 2 aromatic rings. The van der Waals surface area contributed by atoms with Crippen molar-refractivity contribution in [2.45, 2.75) is 22.8 Å². The molecule has 2 N–H and O–H groups in total. The normalized spacial score (nSPS) is 12.5. The molecule has 0 bridgehead atoms. The minimum Gasteiger partial charge on any atom is -0.324 e. The third-order valence-corrected chi connectivity index (χ3v) is 4.40. The van der Waals surface area contributed by atoms with E-state index in [1.807, 2.05) is 6.92 Å². The van der Waals surface area contributed by atoms with Gasteiger partial charge in [0.1, 0.15) is 5.82 Å². The van der Waals surface area contributed by atoms with Gasteiger partial charge in [-0.3, -0.25) is 0 Å². The summed E-state index contributed by atoms with van der Waals surface area (Å²) in [7, 11) is 0. The molecular weight excluding hydrogens is 304 g/mol. The summed E-state index contributed by atoms with van der Waals surface area (Å²) in [5, 5.41) is 1.21. The van der Waals surface area contributed by atoms with Gasteiger partial charge in [0, 0.05) is 20.9 Å². The first-order chi connectivity index (χ1) is 8.97. The van der Waals surface area contributed by atoms with Crippen molar-refractivity contribution in [3.05, 3.63) is 57.8 Å². The van der Waals surface area contributed by atoms with E-state index in [0.29, 0.717) is 10.0 Å². The quantitative estimate of drug-likeness (QED) is 0.831. The molecule has 0 saturated heterocycles. The molecule has 5 heteroatoms. The van der Waals surface area contributed by atoms with Crippen LogP contribution >= 0.6 is 35.0 Å². The molecule has 19 heavy (non-hydrogen) atoms. The highest BCUT2D eigenvalue weighted by molar-refractivity contribution is 7.99. The summed E-state index contributed by atoms with van der Waals surface area (Å²) >= 11 is 13.5. The van der Waals surface area contributed by atoms with Gasteiger partial charge in [0.25, 0.3) is 0 Å². The lowest BCUT2D eigenvalue weighted by Gasteiger charge is -2.13. The van der Waals surface area contributed by atoms with Gasteiger partial charge in [0.15, 0.2) is 0 Å². The van der Waals surface area contributed by atoms with E-state index in [9.17, 15) is 4.39 Å². The molecule has 0 heterocycles. The van der Waals surface area contributed by atoms with Crippen molar-refractivity contribution in [3.8, 4) is 0 Å². The van der Waals surface area contributed by atoms with E-state index in [4.69, 9.17) is 28.9 Å². The fraction of sp³-hybridized carbons (Fsp3) is 0.143. The summed E-state index contributed by atoms with van der Waals surface area (Å²) in [5.74, 6) is -0.297. The number of hydrogen-bond donors (Lipinski definition) is 1. The van der Waals surface area contributed by atoms with Crippen molar-refractivity contribution in [1.82, 2.24) is 0 Å². The van der Waals surface area contributed by atoms with Crippen molar-refractivity contribution in [3.63, 3.8) is 0 Å². The van der Waals surface area contributed by atoms with Crippen LogP contribution in [-0.4, -0.2) is 0 Å². The summed E-state index contributed by atoms with van der Waals surface area (Å²) < 4.78 is 13.3. The van der Waals surface area contributed by atoms with Crippen molar-refractivity contribution in [2.24, 2.45) is 5.73 Å². The van der Waals surface area contributed by atoms with E-state index in [0.717, 1.165) is 15.4 Å². The second-order valence-corrected chi connectivity index (χ2v) is 6.08. The van der Waals surface area contributed by atoms with Gasteiger partial charge < -0.3 is 5.73 Å². The largest absolute Gasteiger partial charge is 0.324 e. The van der Waals surface area contributed by atoms with E-state index in [2.05, 4.69) is 0 Å². The molecule has 0 saturated carbocycles. The Balaban J connectivity index is 2.40. The first-order valence-electron chi connectivity index (χ1n) is 5.65. The predicted molar refractivity (Wildman–Crippen MR) is 79.6 cm³/mol. The van der Waals surface area contributed by atoms with E-state index >= 15 is 0 Å². The van der Waals surface area contributed by atoms with Crippen LogP contribution in [0.2, 0.25) is 10.0 Å². The van der Waals surface area contributed by atoms with Gasteiger partial charge in [0.2, 0.25) is 0 Å². The molecule has 0 aliphatic rings. The minimum atomic E-state index is -0.297. The number of hydrogen-bond acceptors (Lipinski definition) is 2. The average Bonchev–Trinajstić information content (AvgIpc) is 2.35. The van der Waals surface area contributed by atoms with E-state index < -0.39 is 0 Å². The van der Waals surface area contributed by atoms with Crippen LogP contribution in [0.25, 0.3) is 0 Å². The molecule has 1 unspecified atom stereocenters. The molecule has 0 fully saturated rings. The fourth-order valence-corrected chi connectivity index (χ4v) is 3.20. The van der Waals surface area contributed by atoms with Crippen LogP contribution < -0.4 is 5.73 Å². The van der Waals surface area contributed by atoms with Gasteiger partial charge in [-0.15, -0.1) is 0 Å². The summed E-state index contributed by atoms with van der Waals surface area (Å²) in [6.07, 6.45) is 0. The van der Waals surface area contributed by atoms with Crippen LogP contribution in [-0.2, 0) is 0 Å². The van der Waals surface area contributed by atoms with Crippen LogP contribution in [0.4, 0.5) is 4.39 Å². The highest BCUT2D eigenvalue weighted by Gasteiger charge is 2.11. The maximum atomic E-state index is 13.3. The monoisotopic (exact) mass is 315 g/mol. The number of halogens is 3. The zero-order valence-corrected chi connectivity index (χ0v) is 12.5. The first kappa shape index (κ1) is 14.7. The van der Waals surface area contributed by atoms with E-state index in [1.54, 1.807) is 24.3 Å². The lowest BCUT2D eigenvalue weighted by Crippen LogP contribution is -2.06. The van der Waals surface area contributed by atoms with Crippen molar-refractivity contribution in [2.75, 3.05) is 0 Å². The Morgan fingerprint density at radius 3 is 2.53 bits per heavy atom. The van der Waals surface area contributed by atoms with Gasteiger partial charge >= 0.3 is 0 Å². The maximum absolute atomic E-state index is 13.3. The second-order valence-electron chi connectivity index (χ2n) is 4.15. The molecular formula is C14H12Cl2FNS. The molecule has 0 aliphatic heterocycles. The Kier molecular flexibility index (Phi) is 4.74. The SMILES string of the molecule is CC(N)c1cc(F)ccc1Sc1cc(Cl)ccc1Cl. The van der Waals surface area contributed by atoms with Crippen LogP contribution in [0.3, 0.4) is 0 Å².